The smallest absolute Gasteiger partial charge is 0.132 e. The summed E-state index contributed by atoms with van der Waals surface area (Å²) >= 11 is 0. The largest absolute Gasteiger partial charge is 0.300 e. The van der Waals surface area contributed by atoms with Gasteiger partial charge in [0.25, 0.3) is 0 Å². The van der Waals surface area contributed by atoms with Crippen LogP contribution in [0.25, 0.3) is 0 Å². The van der Waals surface area contributed by atoms with Gasteiger partial charge in [0.2, 0.25) is 0 Å². The maximum Gasteiger partial charge on any atom is 0.132 e. The van der Waals surface area contributed by atoms with E-state index in [-0.39, 0.29) is 11.7 Å². The third-order valence-corrected chi connectivity index (χ3v) is 2.36. The lowest BCUT2D eigenvalue weighted by Crippen LogP contribution is -2.09. The van der Waals surface area contributed by atoms with E-state index in [4.69, 9.17) is 0 Å². The Hall–Kier alpha value is -1.11. The molecule has 0 bridgehead atoms. The van der Waals surface area contributed by atoms with Gasteiger partial charge in [0.15, 0.2) is 0 Å². The van der Waals surface area contributed by atoms with Gasteiger partial charge in [-0.25, -0.2) is 0 Å². The Morgan fingerprint density at radius 2 is 1.85 bits per heavy atom. The van der Waals surface area contributed by atoms with Gasteiger partial charge in [-0.05, 0) is 25.8 Å². The lowest BCUT2D eigenvalue weighted by Gasteiger charge is -2.07. The number of Topliss-reactive ketones (excluding diaryl/α,β-unsaturated/α-hetero) is 1. The highest BCUT2D eigenvalue weighted by Gasteiger charge is 2.07. The summed E-state index contributed by atoms with van der Waals surface area (Å²) in [6, 6.07) is 8.36. The zero-order valence-corrected chi connectivity index (χ0v) is 8.50. The lowest BCUT2D eigenvalue weighted by atomic mass is 9.97. The van der Waals surface area contributed by atoms with Crippen molar-refractivity contribution in [1.82, 2.24) is 0 Å². The van der Waals surface area contributed by atoms with Crippen LogP contribution in [0.5, 0.6) is 0 Å². The fourth-order valence-corrected chi connectivity index (χ4v) is 1.22. The van der Waals surface area contributed by atoms with Crippen LogP contribution < -0.4 is 0 Å². The van der Waals surface area contributed by atoms with Gasteiger partial charge in [0, 0.05) is 5.92 Å². The molecule has 0 radical (unpaired) electrons. The van der Waals surface area contributed by atoms with Crippen LogP contribution in [-0.2, 0) is 11.2 Å². The van der Waals surface area contributed by atoms with Crippen LogP contribution in [0.3, 0.4) is 0 Å². The molecule has 0 unspecified atom stereocenters. The summed E-state index contributed by atoms with van der Waals surface area (Å²) in [5, 5.41) is 0. The minimum atomic E-state index is 0.141. The predicted molar refractivity (Wildman–Crippen MR) is 54.7 cm³/mol. The van der Waals surface area contributed by atoms with Crippen molar-refractivity contribution in [3.8, 4) is 0 Å². The zero-order chi connectivity index (χ0) is 9.84. The Morgan fingerprint density at radius 3 is 2.31 bits per heavy atom. The molecule has 0 aliphatic heterocycles. The maximum absolute atomic E-state index is 11.0. The Bertz CT molecular complexity index is 284. The van der Waals surface area contributed by atoms with Gasteiger partial charge in [-0.1, -0.05) is 36.8 Å². The number of rotatable bonds is 3. The first-order valence-corrected chi connectivity index (χ1v) is 4.65. The molecule has 13 heavy (non-hydrogen) atoms. The second-order valence-electron chi connectivity index (χ2n) is 3.70. The number of aryl methyl sites for hydroxylation is 1. The number of benzene rings is 1. The average molecular weight is 176 g/mol. The van der Waals surface area contributed by atoms with E-state index in [0.717, 1.165) is 6.42 Å². The molecule has 0 heterocycles. The molecular weight excluding hydrogens is 160 g/mol. The van der Waals surface area contributed by atoms with Crippen molar-refractivity contribution in [3.05, 3.63) is 35.4 Å². The number of carbonyl (C=O) groups is 1. The van der Waals surface area contributed by atoms with Gasteiger partial charge >= 0.3 is 0 Å². The van der Waals surface area contributed by atoms with E-state index in [1.165, 1.54) is 11.1 Å². The van der Waals surface area contributed by atoms with Crippen LogP contribution in [0.4, 0.5) is 0 Å². The molecule has 1 aromatic rings. The first kappa shape index (κ1) is 9.97. The lowest BCUT2D eigenvalue weighted by molar-refractivity contribution is -0.120. The molecule has 0 saturated heterocycles. The van der Waals surface area contributed by atoms with Gasteiger partial charge in [0.05, 0.1) is 0 Å². The molecule has 1 atom stereocenters. The summed E-state index contributed by atoms with van der Waals surface area (Å²) in [5.74, 6) is 0.406. The molecule has 0 saturated carbocycles. The zero-order valence-electron chi connectivity index (χ0n) is 8.50. The van der Waals surface area contributed by atoms with Gasteiger partial charge in [-0.3, -0.25) is 4.79 Å². The summed E-state index contributed by atoms with van der Waals surface area (Å²) in [6.07, 6.45) is 0.857. The van der Waals surface area contributed by atoms with Crippen molar-refractivity contribution >= 4 is 5.78 Å². The average Bonchev–Trinajstić information content (AvgIpc) is 2.08. The quantitative estimate of drug-likeness (QED) is 0.692. The third-order valence-electron chi connectivity index (χ3n) is 2.36. The second kappa shape index (κ2) is 4.22. The second-order valence-corrected chi connectivity index (χ2v) is 3.70. The van der Waals surface area contributed by atoms with Gasteiger partial charge in [-0.15, -0.1) is 0 Å². The van der Waals surface area contributed by atoms with Crippen molar-refractivity contribution in [3.63, 3.8) is 0 Å². The molecule has 1 nitrogen and oxygen atoms in total. The van der Waals surface area contributed by atoms with E-state index in [9.17, 15) is 4.79 Å². The van der Waals surface area contributed by atoms with Gasteiger partial charge in [0.1, 0.15) is 5.78 Å². The molecular formula is C12H16O. The van der Waals surface area contributed by atoms with Crippen LogP contribution in [-0.4, -0.2) is 5.78 Å². The summed E-state index contributed by atoms with van der Waals surface area (Å²) in [7, 11) is 0. The fourth-order valence-electron chi connectivity index (χ4n) is 1.22. The van der Waals surface area contributed by atoms with Gasteiger partial charge in [-0.2, -0.15) is 0 Å². The van der Waals surface area contributed by atoms with Crippen LogP contribution in [0.15, 0.2) is 24.3 Å². The summed E-state index contributed by atoms with van der Waals surface area (Å²) in [6.45, 7) is 5.69. The SMILES string of the molecule is CC(=O)[C@H](C)Cc1ccc(C)cc1. The van der Waals surface area contributed by atoms with Gasteiger partial charge < -0.3 is 0 Å². The topological polar surface area (TPSA) is 17.1 Å². The van der Waals surface area contributed by atoms with E-state index in [0.29, 0.717) is 0 Å². The number of carbonyl (C=O) groups excluding carboxylic acids is 1. The maximum atomic E-state index is 11.0. The third kappa shape index (κ3) is 3.02. The van der Waals surface area contributed by atoms with Crippen LogP contribution >= 0.6 is 0 Å². The van der Waals surface area contributed by atoms with Crippen molar-refractivity contribution in [1.29, 1.82) is 0 Å². The molecule has 1 heteroatoms. The van der Waals surface area contributed by atoms with E-state index in [2.05, 4.69) is 31.2 Å². The molecule has 0 aliphatic rings. The number of hydrogen-bond acceptors (Lipinski definition) is 1. The standard InChI is InChI=1S/C12H16O/c1-9-4-6-12(7-5-9)8-10(2)11(3)13/h4-7,10H,8H2,1-3H3/t10-/m1/s1. The molecule has 1 rings (SSSR count). The highest BCUT2D eigenvalue weighted by molar-refractivity contribution is 5.78. The van der Waals surface area contributed by atoms with Crippen LogP contribution in [0, 0.1) is 12.8 Å². The Labute approximate surface area is 79.8 Å². The van der Waals surface area contributed by atoms with Crippen LogP contribution in [0.2, 0.25) is 0 Å². The normalized spacial score (nSPS) is 12.5. The van der Waals surface area contributed by atoms with Crippen molar-refractivity contribution in [2.24, 2.45) is 5.92 Å². The molecule has 1 aromatic carbocycles. The Morgan fingerprint density at radius 1 is 1.31 bits per heavy atom. The summed E-state index contributed by atoms with van der Waals surface area (Å²) in [4.78, 5) is 11.0. The molecule has 0 aliphatic carbocycles. The fraction of sp³-hybridized carbons (Fsp3) is 0.417. The number of hydrogen-bond donors (Lipinski definition) is 0. The minimum absolute atomic E-state index is 0.141. The summed E-state index contributed by atoms with van der Waals surface area (Å²) < 4.78 is 0. The van der Waals surface area contributed by atoms with E-state index >= 15 is 0 Å². The summed E-state index contributed by atoms with van der Waals surface area (Å²) in [5.41, 5.74) is 2.51. The first-order valence-electron chi connectivity index (χ1n) is 4.65. The molecule has 0 spiro atoms. The van der Waals surface area contributed by atoms with Crippen molar-refractivity contribution in [2.75, 3.05) is 0 Å². The molecule has 70 valence electrons. The highest BCUT2D eigenvalue weighted by Crippen LogP contribution is 2.10. The molecule has 0 amide bonds. The van der Waals surface area contributed by atoms with Crippen LogP contribution in [0.1, 0.15) is 25.0 Å². The predicted octanol–water partition coefficient (Wildman–Crippen LogP) is 2.76. The monoisotopic (exact) mass is 176 g/mol. The van der Waals surface area contributed by atoms with E-state index < -0.39 is 0 Å². The van der Waals surface area contributed by atoms with E-state index in [1.807, 2.05) is 6.92 Å². The molecule has 0 aromatic heterocycles. The Kier molecular flexibility index (Phi) is 3.24. The Balaban J connectivity index is 2.64. The van der Waals surface area contributed by atoms with Crippen molar-refractivity contribution in [2.45, 2.75) is 27.2 Å². The highest BCUT2D eigenvalue weighted by atomic mass is 16.1. The molecule has 0 fully saturated rings. The van der Waals surface area contributed by atoms with Crippen molar-refractivity contribution < 1.29 is 4.79 Å². The van der Waals surface area contributed by atoms with E-state index in [1.54, 1.807) is 6.92 Å². The first-order chi connectivity index (χ1) is 6.09. The number of ketones is 1. The molecule has 0 N–H and O–H groups in total. The minimum Gasteiger partial charge on any atom is -0.300 e.